The largest absolute Gasteiger partial charge is 0.356 e. The summed E-state index contributed by atoms with van der Waals surface area (Å²) in [6.07, 6.45) is 1.94. The number of piperidine rings is 1. The minimum Gasteiger partial charge on any atom is -0.356 e. The molecule has 3 aromatic carbocycles. The molecule has 4 amide bonds. The molecule has 0 aliphatic carbocycles. The monoisotopic (exact) mass is 589 g/mol. The van der Waals surface area contributed by atoms with Crippen molar-refractivity contribution >= 4 is 34.4 Å². The van der Waals surface area contributed by atoms with Gasteiger partial charge in [-0.1, -0.05) is 60.2 Å². The summed E-state index contributed by atoms with van der Waals surface area (Å²) in [5, 5.41) is 7.94. The normalized spacial score (nSPS) is 22.7. The number of nitrogens with one attached hydrogen (secondary N) is 3. The van der Waals surface area contributed by atoms with Crippen molar-refractivity contribution in [2.45, 2.75) is 83.1 Å². The van der Waals surface area contributed by atoms with E-state index in [0.29, 0.717) is 17.7 Å². The third-order valence-electron chi connectivity index (χ3n) is 9.36. The Morgan fingerprint density at radius 1 is 0.886 bits per heavy atom. The highest BCUT2D eigenvalue weighted by Gasteiger charge is 2.53. The summed E-state index contributed by atoms with van der Waals surface area (Å²) in [4.78, 5) is 49.1. The van der Waals surface area contributed by atoms with Crippen LogP contribution in [0, 0.1) is 6.92 Å². The van der Waals surface area contributed by atoms with Crippen molar-refractivity contribution < 1.29 is 14.4 Å². The highest BCUT2D eigenvalue weighted by atomic mass is 16.2. The standard InChI is InChI=1S/C36H39N5O3/c1-21-14-16-22(17-15-21)31-30-26(24-10-6-8-12-27(24)38-30)18-29-33(43)41(34(44)40(29)31)28-13-9-7-11-25(28)32(42)37-23-19-35(2,3)39-36(4,5)20-23/h6-17,23,29,31,38-39H,18-20H2,1-5H3,(H,37,42). The number of aromatic amines is 1. The van der Waals surface area contributed by atoms with Crippen LogP contribution in [0.4, 0.5) is 10.5 Å². The number of nitrogens with zero attached hydrogens (tertiary/aromatic N) is 2. The average Bonchev–Trinajstić information content (AvgIpc) is 3.45. The van der Waals surface area contributed by atoms with Crippen molar-refractivity contribution in [2.75, 3.05) is 4.90 Å². The second-order valence-corrected chi connectivity index (χ2v) is 13.9. The average molecular weight is 590 g/mol. The maximum atomic E-state index is 14.4. The van der Waals surface area contributed by atoms with Gasteiger partial charge in [-0.05, 0) is 76.8 Å². The maximum absolute atomic E-state index is 14.4. The topological polar surface area (TPSA) is 97.5 Å². The third kappa shape index (κ3) is 4.68. The summed E-state index contributed by atoms with van der Waals surface area (Å²) in [6, 6.07) is 21.5. The summed E-state index contributed by atoms with van der Waals surface area (Å²) in [7, 11) is 0. The van der Waals surface area contributed by atoms with Gasteiger partial charge in [-0.3, -0.25) is 14.5 Å². The number of anilines is 1. The number of amides is 4. The molecule has 0 bridgehead atoms. The van der Waals surface area contributed by atoms with Crippen LogP contribution in [0.25, 0.3) is 10.9 Å². The zero-order valence-electron chi connectivity index (χ0n) is 25.9. The van der Waals surface area contributed by atoms with Gasteiger partial charge < -0.3 is 15.6 Å². The lowest BCUT2D eigenvalue weighted by atomic mass is 9.79. The Balaban J connectivity index is 1.27. The zero-order valence-corrected chi connectivity index (χ0v) is 25.9. The number of fused-ring (bicyclic) bond motifs is 4. The van der Waals surface area contributed by atoms with Crippen molar-refractivity contribution in [3.63, 3.8) is 0 Å². The SMILES string of the molecule is Cc1ccc(C2c3[nH]c4ccccc4c3CC3C(=O)N(c4ccccc4C(=O)NC4CC(C)(C)NC(C)(C)C4)C(=O)N32)cc1. The van der Waals surface area contributed by atoms with Gasteiger partial charge in [0, 0.05) is 40.1 Å². The Kier molecular flexibility index (Phi) is 6.48. The molecule has 1 aromatic heterocycles. The minimum absolute atomic E-state index is 0.0534. The molecule has 3 aliphatic rings. The van der Waals surface area contributed by atoms with E-state index < -0.39 is 18.1 Å². The quantitative estimate of drug-likeness (QED) is 0.255. The number of H-pyrrole nitrogens is 1. The molecule has 2 saturated heterocycles. The number of hydrogen-bond acceptors (Lipinski definition) is 4. The fraction of sp³-hybridized carbons (Fsp3) is 0.361. The van der Waals surface area contributed by atoms with Crippen LogP contribution in [0.5, 0.6) is 0 Å². The number of urea groups is 1. The molecule has 8 heteroatoms. The Bertz CT molecular complexity index is 1790. The van der Waals surface area contributed by atoms with Gasteiger partial charge in [0.15, 0.2) is 0 Å². The number of hydrogen-bond donors (Lipinski definition) is 3. The lowest BCUT2D eigenvalue weighted by molar-refractivity contribution is -0.120. The Morgan fingerprint density at radius 3 is 2.27 bits per heavy atom. The molecule has 3 N–H and O–H groups in total. The predicted octanol–water partition coefficient (Wildman–Crippen LogP) is 6.00. The van der Waals surface area contributed by atoms with E-state index >= 15 is 0 Å². The van der Waals surface area contributed by atoms with E-state index in [2.05, 4.69) is 49.4 Å². The lowest BCUT2D eigenvalue weighted by Crippen LogP contribution is -2.62. The van der Waals surface area contributed by atoms with E-state index in [1.54, 1.807) is 29.2 Å². The van der Waals surface area contributed by atoms with Crippen molar-refractivity contribution in [2.24, 2.45) is 0 Å². The highest BCUT2D eigenvalue weighted by Crippen LogP contribution is 2.45. The minimum atomic E-state index is -0.692. The zero-order chi connectivity index (χ0) is 31.0. The van der Waals surface area contributed by atoms with Crippen LogP contribution >= 0.6 is 0 Å². The third-order valence-corrected chi connectivity index (χ3v) is 9.36. The van der Waals surface area contributed by atoms with E-state index in [9.17, 15) is 14.4 Å². The number of benzene rings is 3. The first kappa shape index (κ1) is 28.3. The molecule has 4 aromatic rings. The second kappa shape index (κ2) is 10.1. The fourth-order valence-electron chi connectivity index (χ4n) is 7.94. The maximum Gasteiger partial charge on any atom is 0.332 e. The number of aryl methyl sites for hydroxylation is 1. The van der Waals surface area contributed by atoms with Gasteiger partial charge in [0.2, 0.25) is 0 Å². The number of carbonyl (C=O) groups is 3. The van der Waals surface area contributed by atoms with E-state index in [1.165, 1.54) is 4.90 Å². The van der Waals surface area contributed by atoms with Gasteiger partial charge in [-0.2, -0.15) is 0 Å². The molecule has 4 heterocycles. The van der Waals surface area contributed by atoms with Gasteiger partial charge in [-0.25, -0.2) is 9.69 Å². The molecule has 44 heavy (non-hydrogen) atoms. The summed E-state index contributed by atoms with van der Waals surface area (Å²) in [5.74, 6) is -0.594. The van der Waals surface area contributed by atoms with E-state index in [-0.39, 0.29) is 28.9 Å². The molecule has 226 valence electrons. The summed E-state index contributed by atoms with van der Waals surface area (Å²) in [6.45, 7) is 10.6. The van der Waals surface area contributed by atoms with Crippen LogP contribution < -0.4 is 15.5 Å². The first-order valence-electron chi connectivity index (χ1n) is 15.4. The number of carbonyl (C=O) groups excluding carboxylic acids is 3. The van der Waals surface area contributed by atoms with Crippen LogP contribution in [0.1, 0.15) is 79.3 Å². The number of aromatic nitrogens is 1. The summed E-state index contributed by atoms with van der Waals surface area (Å²) >= 11 is 0. The molecular formula is C36H39N5O3. The van der Waals surface area contributed by atoms with Crippen LogP contribution in [-0.2, 0) is 11.2 Å². The highest BCUT2D eigenvalue weighted by molar-refractivity contribution is 6.24. The van der Waals surface area contributed by atoms with Gasteiger partial charge in [-0.15, -0.1) is 0 Å². The van der Waals surface area contributed by atoms with Crippen molar-refractivity contribution in [1.82, 2.24) is 20.5 Å². The van der Waals surface area contributed by atoms with Crippen LogP contribution in [0.3, 0.4) is 0 Å². The smallest absolute Gasteiger partial charge is 0.332 e. The van der Waals surface area contributed by atoms with E-state index in [1.807, 2.05) is 49.4 Å². The molecule has 2 fully saturated rings. The van der Waals surface area contributed by atoms with Crippen LogP contribution in [-0.4, -0.2) is 50.9 Å². The molecule has 0 spiro atoms. The molecule has 2 unspecified atom stereocenters. The van der Waals surface area contributed by atoms with Crippen molar-refractivity contribution in [3.05, 3.63) is 101 Å². The lowest BCUT2D eigenvalue weighted by Gasteiger charge is -2.46. The molecule has 3 aliphatic heterocycles. The van der Waals surface area contributed by atoms with Gasteiger partial charge in [0.25, 0.3) is 11.8 Å². The first-order valence-corrected chi connectivity index (χ1v) is 15.4. The molecule has 0 radical (unpaired) electrons. The Morgan fingerprint density at radius 2 is 1.55 bits per heavy atom. The van der Waals surface area contributed by atoms with E-state index in [4.69, 9.17) is 0 Å². The van der Waals surface area contributed by atoms with Crippen molar-refractivity contribution in [3.8, 4) is 0 Å². The predicted molar refractivity (Wildman–Crippen MR) is 172 cm³/mol. The Hall–Kier alpha value is -4.43. The number of para-hydroxylation sites is 2. The van der Waals surface area contributed by atoms with Gasteiger partial charge >= 0.3 is 6.03 Å². The molecule has 7 rings (SSSR count). The van der Waals surface area contributed by atoms with Gasteiger partial charge in [0.05, 0.1) is 11.3 Å². The summed E-state index contributed by atoms with van der Waals surface area (Å²) < 4.78 is 0. The fourth-order valence-corrected chi connectivity index (χ4v) is 7.94. The van der Waals surface area contributed by atoms with E-state index in [0.717, 1.165) is 46.1 Å². The van der Waals surface area contributed by atoms with Crippen molar-refractivity contribution in [1.29, 1.82) is 0 Å². The number of rotatable bonds is 4. The first-order chi connectivity index (χ1) is 20.9. The van der Waals surface area contributed by atoms with Gasteiger partial charge in [0.1, 0.15) is 12.1 Å². The second-order valence-electron chi connectivity index (χ2n) is 13.9. The van der Waals surface area contributed by atoms with Crippen LogP contribution in [0.2, 0.25) is 0 Å². The van der Waals surface area contributed by atoms with Crippen LogP contribution in [0.15, 0.2) is 72.8 Å². The number of imide groups is 1. The molecule has 0 saturated carbocycles. The molecule has 8 nitrogen and oxygen atoms in total. The Labute approximate surface area is 257 Å². The molecular weight excluding hydrogens is 550 g/mol. The summed E-state index contributed by atoms with van der Waals surface area (Å²) in [5.41, 5.74) is 5.36. The molecule has 2 atom stereocenters.